The summed E-state index contributed by atoms with van der Waals surface area (Å²) < 4.78 is 23.3. The largest absolute Gasteiger partial charge is 0.493 e. The average molecular weight is 318 g/mol. The van der Waals surface area contributed by atoms with E-state index in [4.69, 9.17) is 18.9 Å². The van der Waals surface area contributed by atoms with Gasteiger partial charge in [0, 0.05) is 18.1 Å². The maximum absolute atomic E-state index is 6.48. The molecule has 0 radical (unpaired) electrons. The van der Waals surface area contributed by atoms with Crippen molar-refractivity contribution in [1.82, 2.24) is 0 Å². The predicted octanol–water partition coefficient (Wildman–Crippen LogP) is 3.10. The van der Waals surface area contributed by atoms with E-state index in [1.807, 2.05) is 0 Å². The average Bonchev–Trinajstić information content (AvgIpc) is 2.89. The fourth-order valence-electron chi connectivity index (χ4n) is 5.02. The van der Waals surface area contributed by atoms with Crippen LogP contribution in [0.3, 0.4) is 0 Å². The summed E-state index contributed by atoms with van der Waals surface area (Å²) in [4.78, 5) is 0. The van der Waals surface area contributed by atoms with Gasteiger partial charge in [-0.05, 0) is 43.2 Å². The summed E-state index contributed by atoms with van der Waals surface area (Å²) in [7, 11) is 3.43. The molecule has 1 fully saturated rings. The number of ether oxygens (including phenoxy) is 4. The Morgan fingerprint density at radius 2 is 2.04 bits per heavy atom. The fourth-order valence-corrected chi connectivity index (χ4v) is 5.02. The number of hydrogen-bond donors (Lipinski definition) is 0. The molecule has 126 valence electrons. The summed E-state index contributed by atoms with van der Waals surface area (Å²) in [6.07, 6.45) is 4.90. The molecule has 1 aromatic rings. The molecule has 4 nitrogen and oxygen atoms in total. The van der Waals surface area contributed by atoms with Gasteiger partial charge in [0.1, 0.15) is 6.10 Å². The van der Waals surface area contributed by atoms with Gasteiger partial charge in [-0.3, -0.25) is 0 Å². The summed E-state index contributed by atoms with van der Waals surface area (Å²) in [6, 6.07) is 4.27. The molecule has 3 aliphatic rings. The fraction of sp³-hybridized carbons (Fsp3) is 0.684. The van der Waals surface area contributed by atoms with Gasteiger partial charge < -0.3 is 18.9 Å². The van der Waals surface area contributed by atoms with Crippen LogP contribution in [0.2, 0.25) is 0 Å². The van der Waals surface area contributed by atoms with Crippen LogP contribution in [0.5, 0.6) is 11.5 Å². The summed E-state index contributed by atoms with van der Waals surface area (Å²) in [5, 5.41) is 0. The van der Waals surface area contributed by atoms with Gasteiger partial charge in [0.05, 0.1) is 26.4 Å². The molecule has 0 N–H and O–H groups in total. The Balaban J connectivity index is 1.72. The van der Waals surface area contributed by atoms with Gasteiger partial charge in [0.2, 0.25) is 0 Å². The van der Waals surface area contributed by atoms with Gasteiger partial charge in [0.15, 0.2) is 11.5 Å². The molecule has 1 heterocycles. The highest BCUT2D eigenvalue weighted by atomic mass is 16.6. The third-order valence-corrected chi connectivity index (χ3v) is 6.17. The van der Waals surface area contributed by atoms with Crippen molar-refractivity contribution in [2.75, 3.05) is 27.4 Å². The Bertz CT molecular complexity index is 599. The van der Waals surface area contributed by atoms with Crippen LogP contribution in [-0.4, -0.2) is 39.6 Å². The van der Waals surface area contributed by atoms with Crippen molar-refractivity contribution in [3.63, 3.8) is 0 Å². The van der Waals surface area contributed by atoms with Crippen molar-refractivity contribution in [3.05, 3.63) is 23.3 Å². The SMILES string of the molecule is COCCOC1CCC2CCc3ccc(OC)c4c3C2(C)C1O4. The topological polar surface area (TPSA) is 36.9 Å². The quantitative estimate of drug-likeness (QED) is 0.782. The Hall–Kier alpha value is -1.26. The Morgan fingerprint density at radius 3 is 2.83 bits per heavy atom. The van der Waals surface area contributed by atoms with E-state index in [2.05, 4.69) is 19.1 Å². The molecule has 0 aromatic heterocycles. The zero-order valence-corrected chi connectivity index (χ0v) is 14.3. The molecule has 4 rings (SSSR count). The van der Waals surface area contributed by atoms with E-state index in [1.54, 1.807) is 14.2 Å². The van der Waals surface area contributed by atoms with E-state index in [0.717, 1.165) is 24.3 Å². The second kappa shape index (κ2) is 5.67. The van der Waals surface area contributed by atoms with Crippen molar-refractivity contribution in [1.29, 1.82) is 0 Å². The van der Waals surface area contributed by atoms with E-state index in [-0.39, 0.29) is 17.6 Å². The van der Waals surface area contributed by atoms with Crippen LogP contribution >= 0.6 is 0 Å². The molecule has 23 heavy (non-hydrogen) atoms. The third-order valence-electron chi connectivity index (χ3n) is 6.17. The number of rotatable bonds is 5. The van der Waals surface area contributed by atoms with Crippen LogP contribution in [-0.2, 0) is 21.3 Å². The number of aryl methyl sites for hydroxylation is 1. The number of benzene rings is 1. The highest BCUT2D eigenvalue weighted by molar-refractivity contribution is 5.59. The zero-order valence-electron chi connectivity index (χ0n) is 14.3. The maximum Gasteiger partial charge on any atom is 0.165 e. The van der Waals surface area contributed by atoms with Crippen molar-refractivity contribution >= 4 is 0 Å². The second-order valence-electron chi connectivity index (χ2n) is 7.17. The van der Waals surface area contributed by atoms with E-state index < -0.39 is 0 Å². The van der Waals surface area contributed by atoms with E-state index >= 15 is 0 Å². The lowest BCUT2D eigenvalue weighted by Gasteiger charge is -2.48. The van der Waals surface area contributed by atoms with Crippen LogP contribution in [0.1, 0.15) is 37.3 Å². The molecular weight excluding hydrogens is 292 g/mol. The van der Waals surface area contributed by atoms with Crippen molar-refractivity contribution < 1.29 is 18.9 Å². The van der Waals surface area contributed by atoms with Gasteiger partial charge in [-0.1, -0.05) is 13.0 Å². The number of methoxy groups -OCH3 is 2. The summed E-state index contributed by atoms with van der Waals surface area (Å²) >= 11 is 0. The van der Waals surface area contributed by atoms with Gasteiger partial charge in [0.25, 0.3) is 0 Å². The standard InChI is InChI=1S/C19H26O4/c1-19-13-6-4-12-5-8-14(21-3)17(16(12)19)23-18(19)15(9-7-13)22-11-10-20-2/h5,8,13,15,18H,4,6-7,9-11H2,1-3H3. The molecule has 0 saturated heterocycles. The van der Waals surface area contributed by atoms with Gasteiger partial charge in [-0.2, -0.15) is 0 Å². The van der Waals surface area contributed by atoms with Crippen LogP contribution < -0.4 is 9.47 Å². The molecule has 1 aliphatic heterocycles. The highest BCUT2D eigenvalue weighted by Gasteiger charge is 2.59. The Kier molecular flexibility index (Phi) is 3.77. The van der Waals surface area contributed by atoms with Crippen molar-refractivity contribution in [2.45, 2.75) is 50.2 Å². The first-order valence-electron chi connectivity index (χ1n) is 8.67. The van der Waals surface area contributed by atoms with Crippen LogP contribution in [0, 0.1) is 5.92 Å². The van der Waals surface area contributed by atoms with E-state index in [0.29, 0.717) is 19.1 Å². The maximum atomic E-state index is 6.48. The van der Waals surface area contributed by atoms with Crippen LogP contribution in [0.15, 0.2) is 12.1 Å². The van der Waals surface area contributed by atoms with E-state index in [1.165, 1.54) is 24.0 Å². The second-order valence-corrected chi connectivity index (χ2v) is 7.17. The molecule has 0 bridgehead atoms. The minimum Gasteiger partial charge on any atom is -0.493 e. The lowest BCUT2D eigenvalue weighted by Crippen LogP contribution is -2.55. The number of hydrogen-bond acceptors (Lipinski definition) is 4. The Labute approximate surface area is 138 Å². The zero-order chi connectivity index (χ0) is 16.0. The predicted molar refractivity (Wildman–Crippen MR) is 87.4 cm³/mol. The molecule has 4 atom stereocenters. The minimum absolute atomic E-state index is 0.0491. The molecular formula is C19H26O4. The lowest BCUT2D eigenvalue weighted by atomic mass is 9.57. The first-order chi connectivity index (χ1) is 11.2. The molecule has 1 saturated carbocycles. The van der Waals surface area contributed by atoms with Gasteiger partial charge in [-0.15, -0.1) is 0 Å². The molecule has 1 aromatic carbocycles. The van der Waals surface area contributed by atoms with Crippen molar-refractivity contribution in [2.24, 2.45) is 5.92 Å². The van der Waals surface area contributed by atoms with Crippen molar-refractivity contribution in [3.8, 4) is 11.5 Å². The smallest absolute Gasteiger partial charge is 0.165 e. The van der Waals surface area contributed by atoms with Crippen LogP contribution in [0.25, 0.3) is 0 Å². The molecule has 4 heteroatoms. The Morgan fingerprint density at radius 1 is 1.17 bits per heavy atom. The first kappa shape index (κ1) is 15.3. The molecule has 0 amide bonds. The normalized spacial score (nSPS) is 34.0. The first-order valence-corrected chi connectivity index (χ1v) is 8.67. The summed E-state index contributed by atoms with van der Waals surface area (Å²) in [6.45, 7) is 3.63. The van der Waals surface area contributed by atoms with Gasteiger partial charge in [-0.25, -0.2) is 0 Å². The van der Waals surface area contributed by atoms with E-state index in [9.17, 15) is 0 Å². The minimum atomic E-state index is 0.0491. The summed E-state index contributed by atoms with van der Waals surface area (Å²) in [5.41, 5.74) is 2.87. The highest BCUT2D eigenvalue weighted by Crippen LogP contribution is 2.60. The molecule has 2 aliphatic carbocycles. The summed E-state index contributed by atoms with van der Waals surface area (Å²) in [5.74, 6) is 2.50. The molecule has 0 spiro atoms. The lowest BCUT2D eigenvalue weighted by molar-refractivity contribution is -0.0950. The van der Waals surface area contributed by atoms with Gasteiger partial charge >= 0.3 is 0 Å². The van der Waals surface area contributed by atoms with Crippen LogP contribution in [0.4, 0.5) is 0 Å². The third kappa shape index (κ3) is 2.11. The monoisotopic (exact) mass is 318 g/mol. The molecule has 4 unspecified atom stereocenters.